The summed E-state index contributed by atoms with van der Waals surface area (Å²) in [5.41, 5.74) is 0. The number of rotatable bonds is 12. The van der Waals surface area contributed by atoms with E-state index in [1.807, 2.05) is 11.9 Å². The number of aliphatic hydroxyl groups is 1. The lowest BCUT2D eigenvalue weighted by atomic mass is 10.2. The third-order valence-corrected chi connectivity index (χ3v) is 3.53. The van der Waals surface area contributed by atoms with Gasteiger partial charge < -0.3 is 10.0 Å². The lowest BCUT2D eigenvalue weighted by molar-refractivity contribution is -0.277. The molecule has 118 valence electrons. The van der Waals surface area contributed by atoms with E-state index in [0.29, 0.717) is 0 Å². The minimum atomic E-state index is -3.15. The topological polar surface area (TPSA) is 117 Å². The number of nitrogens with zero attached hydrogens (tertiary/aromatic N) is 1. The minimum absolute atomic E-state index is 0.222. The number of hydrogen-bond acceptors (Lipinski definition) is 6. The van der Waals surface area contributed by atoms with Gasteiger partial charge in [-0.2, -0.15) is 0 Å². The van der Waals surface area contributed by atoms with Crippen molar-refractivity contribution in [2.45, 2.75) is 45.0 Å². The second-order valence-corrected chi connectivity index (χ2v) is 5.80. The monoisotopic (exact) mass is 331 g/mol. The molecule has 0 saturated carbocycles. The van der Waals surface area contributed by atoms with Crippen LogP contribution in [0.4, 0.5) is 0 Å². The van der Waals surface area contributed by atoms with Crippen molar-refractivity contribution in [3.8, 4) is 0 Å². The van der Waals surface area contributed by atoms with Gasteiger partial charge in [-0.1, -0.05) is 26.2 Å². The van der Waals surface area contributed by atoms with Crippen molar-refractivity contribution in [2.75, 3.05) is 20.1 Å². The first-order valence-corrected chi connectivity index (χ1v) is 8.66. The maximum atomic E-state index is 10.6. The van der Waals surface area contributed by atoms with E-state index in [1.54, 1.807) is 0 Å². The summed E-state index contributed by atoms with van der Waals surface area (Å²) in [5.74, 6) is -2.54. The minimum Gasteiger partial charge on any atom is -0.337 e. The summed E-state index contributed by atoms with van der Waals surface area (Å²) in [6, 6.07) is 0. The van der Waals surface area contributed by atoms with Crippen LogP contribution in [-0.2, 0) is 18.2 Å². The van der Waals surface area contributed by atoms with Gasteiger partial charge in [0.05, 0.1) is 6.42 Å². The molecule has 0 spiro atoms. The van der Waals surface area contributed by atoms with E-state index >= 15 is 0 Å². The van der Waals surface area contributed by atoms with Gasteiger partial charge in [-0.15, -0.1) is 9.79 Å². The highest BCUT2D eigenvalue weighted by Gasteiger charge is 2.47. The molecule has 10 heteroatoms. The van der Waals surface area contributed by atoms with Gasteiger partial charge in [-0.25, -0.2) is 0 Å². The van der Waals surface area contributed by atoms with Crippen molar-refractivity contribution < 1.29 is 33.1 Å². The third kappa shape index (κ3) is 10.7. The zero-order valence-corrected chi connectivity index (χ0v) is 13.6. The van der Waals surface area contributed by atoms with E-state index in [4.69, 9.17) is 9.79 Å². The van der Waals surface area contributed by atoms with Gasteiger partial charge in [-0.05, 0) is 29.1 Å². The first-order valence-electron chi connectivity index (χ1n) is 6.40. The van der Waals surface area contributed by atoms with Gasteiger partial charge >= 0.3 is 22.5 Å². The summed E-state index contributed by atoms with van der Waals surface area (Å²) < 4.78 is 29.7. The van der Waals surface area contributed by atoms with Crippen LogP contribution in [0.1, 0.15) is 39.0 Å². The van der Waals surface area contributed by atoms with E-state index in [-0.39, 0.29) is 13.0 Å². The van der Waals surface area contributed by atoms with Crippen LogP contribution in [0.3, 0.4) is 0 Å². The lowest BCUT2D eigenvalue weighted by Crippen LogP contribution is -2.36. The molecule has 0 saturated heterocycles. The Morgan fingerprint density at radius 2 is 1.60 bits per heavy atom. The first-order chi connectivity index (χ1) is 9.29. The Morgan fingerprint density at radius 1 is 1.05 bits per heavy atom. The smallest absolute Gasteiger partial charge is 0.337 e. The fraction of sp³-hybridized carbons (Fsp3) is 1.00. The Labute approximate surface area is 120 Å². The molecule has 0 heterocycles. The highest BCUT2D eigenvalue weighted by molar-refractivity contribution is 7.33. The van der Waals surface area contributed by atoms with Crippen LogP contribution in [-0.4, -0.2) is 45.9 Å². The van der Waals surface area contributed by atoms with Crippen molar-refractivity contribution in [1.29, 1.82) is 0 Å². The zero-order chi connectivity index (χ0) is 15.6. The Bertz CT molecular complexity index is 300. The van der Waals surface area contributed by atoms with Crippen molar-refractivity contribution in [3.63, 3.8) is 0 Å². The lowest BCUT2D eigenvalue weighted by Gasteiger charge is -2.20. The van der Waals surface area contributed by atoms with Crippen LogP contribution < -0.4 is 0 Å². The molecule has 0 amide bonds. The molecular formula is C10H23NO7P2+2. The van der Waals surface area contributed by atoms with E-state index in [2.05, 4.69) is 16.0 Å². The standard InChI is InChI=1S/C10H21NO7P2/c1-3-4-5-6-8-11(2)9-7-10(12,17-19(13)14)18-20(15)16/h12H,3-9H2,1-2H3/p+2. The van der Waals surface area contributed by atoms with Gasteiger partial charge in [0.1, 0.15) is 0 Å². The fourth-order valence-corrected chi connectivity index (χ4v) is 2.41. The maximum absolute atomic E-state index is 10.6. The summed E-state index contributed by atoms with van der Waals surface area (Å²) in [6.45, 7) is 3.19. The molecule has 0 aliphatic carbocycles. The molecule has 0 aromatic heterocycles. The van der Waals surface area contributed by atoms with E-state index in [9.17, 15) is 14.2 Å². The van der Waals surface area contributed by atoms with Crippen molar-refractivity contribution in [2.24, 2.45) is 0 Å². The van der Waals surface area contributed by atoms with E-state index in [1.165, 1.54) is 0 Å². The maximum Gasteiger partial charge on any atom is 0.700 e. The largest absolute Gasteiger partial charge is 0.700 e. The quantitative estimate of drug-likeness (QED) is 0.282. The Balaban J connectivity index is 4.17. The summed E-state index contributed by atoms with van der Waals surface area (Å²) in [6.07, 6.45) is 4.16. The van der Waals surface area contributed by atoms with Gasteiger partial charge in [0.2, 0.25) is 0 Å². The second kappa shape index (κ2) is 10.7. The zero-order valence-electron chi connectivity index (χ0n) is 11.8. The van der Waals surface area contributed by atoms with Crippen molar-refractivity contribution in [1.82, 2.24) is 4.90 Å². The third-order valence-electron chi connectivity index (χ3n) is 2.64. The summed E-state index contributed by atoms with van der Waals surface area (Å²) >= 11 is 0. The first kappa shape index (κ1) is 20.0. The molecule has 0 aromatic carbocycles. The van der Waals surface area contributed by atoms with Gasteiger partial charge in [0.25, 0.3) is 0 Å². The second-order valence-electron chi connectivity index (χ2n) is 4.48. The molecule has 0 radical (unpaired) electrons. The van der Waals surface area contributed by atoms with Gasteiger partial charge in [-0.3, -0.25) is 0 Å². The van der Waals surface area contributed by atoms with Gasteiger partial charge in [0, 0.05) is 15.7 Å². The highest BCUT2D eigenvalue weighted by atomic mass is 31.1. The van der Waals surface area contributed by atoms with Gasteiger partial charge in [0.15, 0.2) is 0 Å². The van der Waals surface area contributed by atoms with Crippen LogP contribution >= 0.6 is 16.5 Å². The number of unbranched alkanes of at least 4 members (excludes halogenated alkanes) is 3. The van der Waals surface area contributed by atoms with Crippen molar-refractivity contribution in [3.05, 3.63) is 0 Å². The van der Waals surface area contributed by atoms with Crippen LogP contribution in [0, 0.1) is 0 Å². The normalized spacial score (nSPS) is 16.1. The molecular weight excluding hydrogens is 308 g/mol. The summed E-state index contributed by atoms with van der Waals surface area (Å²) in [7, 11) is -4.49. The SMILES string of the molecule is CCCCCCN(C)CCC(O)(O[P+](=O)O)O[P+](=O)O. The molecule has 8 nitrogen and oxygen atoms in total. The molecule has 20 heavy (non-hydrogen) atoms. The molecule has 0 fully saturated rings. The molecule has 0 aromatic rings. The molecule has 3 N–H and O–H groups in total. The van der Waals surface area contributed by atoms with Crippen molar-refractivity contribution >= 4 is 16.5 Å². The van der Waals surface area contributed by atoms with E-state index < -0.39 is 22.5 Å². The Hall–Kier alpha value is -0.0400. The predicted molar refractivity (Wildman–Crippen MR) is 73.0 cm³/mol. The molecule has 2 atom stereocenters. The van der Waals surface area contributed by atoms with Crippen LogP contribution in [0.5, 0.6) is 0 Å². The average Bonchev–Trinajstić information content (AvgIpc) is 2.30. The molecule has 0 aliphatic heterocycles. The average molecular weight is 331 g/mol. The van der Waals surface area contributed by atoms with Crippen LogP contribution in [0.15, 0.2) is 0 Å². The fourth-order valence-electron chi connectivity index (χ4n) is 1.60. The van der Waals surface area contributed by atoms with Crippen LogP contribution in [0.25, 0.3) is 0 Å². The van der Waals surface area contributed by atoms with E-state index in [0.717, 1.165) is 32.2 Å². The Morgan fingerprint density at radius 3 is 2.05 bits per heavy atom. The Kier molecular flexibility index (Phi) is 10.6. The molecule has 0 rings (SSSR count). The highest BCUT2D eigenvalue weighted by Crippen LogP contribution is 2.34. The summed E-state index contributed by atoms with van der Waals surface area (Å²) in [4.78, 5) is 19.1. The number of hydrogen-bond donors (Lipinski definition) is 3. The molecule has 0 bridgehead atoms. The predicted octanol–water partition coefficient (Wildman–Crippen LogP) is 1.87. The summed E-state index contributed by atoms with van der Waals surface area (Å²) in [5, 5.41) is 9.75. The molecule has 2 unspecified atom stereocenters. The van der Waals surface area contributed by atoms with Crippen LogP contribution in [0.2, 0.25) is 0 Å². The molecule has 0 aliphatic rings.